The number of ether oxygens (including phenoxy) is 1. The van der Waals surface area contributed by atoms with E-state index in [1.807, 2.05) is 0 Å². The molecule has 0 aromatic rings. The van der Waals surface area contributed by atoms with Gasteiger partial charge in [-0.1, -0.05) is 6.92 Å². The van der Waals surface area contributed by atoms with Crippen LogP contribution >= 0.6 is 24.0 Å². The van der Waals surface area contributed by atoms with Gasteiger partial charge < -0.3 is 15.4 Å². The molecule has 6 heteroatoms. The van der Waals surface area contributed by atoms with Crippen LogP contribution < -0.4 is 10.6 Å². The van der Waals surface area contributed by atoms with Crippen molar-refractivity contribution in [3.63, 3.8) is 0 Å². The summed E-state index contributed by atoms with van der Waals surface area (Å²) in [5.74, 6) is 0.905. The lowest BCUT2D eigenvalue weighted by molar-refractivity contribution is 0.117. The smallest absolute Gasteiger partial charge is 0.191 e. The highest BCUT2D eigenvalue weighted by Gasteiger charge is 2.14. The van der Waals surface area contributed by atoms with Gasteiger partial charge in [0.15, 0.2) is 5.96 Å². The Kier molecular flexibility index (Phi) is 12.4. The Morgan fingerprint density at radius 3 is 2.62 bits per heavy atom. The summed E-state index contributed by atoms with van der Waals surface area (Å²) in [5.41, 5.74) is 0. The average molecular weight is 412 g/mol. The van der Waals surface area contributed by atoms with E-state index in [1.165, 1.54) is 6.42 Å². The summed E-state index contributed by atoms with van der Waals surface area (Å²) < 4.78 is 5.60. The molecule has 0 aliphatic carbocycles. The molecule has 0 saturated carbocycles. The highest BCUT2D eigenvalue weighted by atomic mass is 127. The van der Waals surface area contributed by atoms with Crippen molar-refractivity contribution in [2.45, 2.75) is 52.7 Å². The monoisotopic (exact) mass is 412 g/mol. The van der Waals surface area contributed by atoms with Crippen LogP contribution in [-0.4, -0.2) is 62.3 Å². The average Bonchev–Trinajstić information content (AvgIpc) is 2.93. The molecule has 0 aromatic heterocycles. The zero-order valence-electron chi connectivity index (χ0n) is 14.0. The van der Waals surface area contributed by atoms with E-state index in [-0.39, 0.29) is 24.0 Å². The molecule has 2 N–H and O–H groups in total. The molecule has 1 rings (SSSR count). The molecule has 0 bridgehead atoms. The maximum absolute atomic E-state index is 5.60. The van der Waals surface area contributed by atoms with E-state index in [4.69, 9.17) is 4.74 Å². The molecule has 0 radical (unpaired) electrons. The normalized spacial score (nSPS) is 19.0. The summed E-state index contributed by atoms with van der Waals surface area (Å²) in [6, 6.07) is 0.591. The second-order valence-corrected chi connectivity index (χ2v) is 5.50. The van der Waals surface area contributed by atoms with Crippen LogP contribution in [0.25, 0.3) is 0 Å². The minimum absolute atomic E-state index is 0. The number of halogens is 1. The van der Waals surface area contributed by atoms with E-state index in [9.17, 15) is 0 Å². The van der Waals surface area contributed by atoms with Crippen LogP contribution in [0.1, 0.15) is 40.5 Å². The summed E-state index contributed by atoms with van der Waals surface area (Å²) >= 11 is 0. The Morgan fingerprint density at radius 2 is 2.10 bits per heavy atom. The number of nitrogens with one attached hydrogen (secondary N) is 2. The van der Waals surface area contributed by atoms with Crippen molar-refractivity contribution in [3.8, 4) is 0 Å². The van der Waals surface area contributed by atoms with E-state index >= 15 is 0 Å². The fourth-order valence-corrected chi connectivity index (χ4v) is 2.42. The molecule has 0 amide bonds. The first-order valence-electron chi connectivity index (χ1n) is 8.05. The van der Waals surface area contributed by atoms with Crippen molar-refractivity contribution in [1.29, 1.82) is 0 Å². The molecule has 1 aliphatic rings. The lowest BCUT2D eigenvalue weighted by Crippen LogP contribution is -2.43. The number of rotatable bonds is 8. The van der Waals surface area contributed by atoms with Gasteiger partial charge in [-0.15, -0.1) is 24.0 Å². The first kappa shape index (κ1) is 20.9. The first-order chi connectivity index (χ1) is 9.67. The number of hydrogen-bond acceptors (Lipinski definition) is 3. The highest BCUT2D eigenvalue weighted by Crippen LogP contribution is 2.11. The van der Waals surface area contributed by atoms with Crippen LogP contribution in [0.15, 0.2) is 4.99 Å². The Morgan fingerprint density at radius 1 is 1.33 bits per heavy atom. The van der Waals surface area contributed by atoms with E-state index in [1.54, 1.807) is 0 Å². The van der Waals surface area contributed by atoms with Gasteiger partial charge in [-0.3, -0.25) is 9.89 Å². The molecule has 1 saturated heterocycles. The van der Waals surface area contributed by atoms with Crippen molar-refractivity contribution in [3.05, 3.63) is 0 Å². The number of likely N-dealkylation sites (N-methyl/N-ethyl adjacent to an activating group) is 1. The lowest BCUT2D eigenvalue weighted by Gasteiger charge is -2.25. The third-order valence-corrected chi connectivity index (χ3v) is 3.65. The summed E-state index contributed by atoms with van der Waals surface area (Å²) in [6.45, 7) is 14.4. The lowest BCUT2D eigenvalue weighted by atomic mass is 10.2. The minimum atomic E-state index is 0. The van der Waals surface area contributed by atoms with E-state index < -0.39 is 0 Å². The quantitative estimate of drug-likeness (QED) is 0.364. The third-order valence-electron chi connectivity index (χ3n) is 3.65. The first-order valence-corrected chi connectivity index (χ1v) is 8.05. The third kappa shape index (κ3) is 8.83. The van der Waals surface area contributed by atoms with Gasteiger partial charge in [0.1, 0.15) is 0 Å². The molecule has 21 heavy (non-hydrogen) atoms. The van der Waals surface area contributed by atoms with Gasteiger partial charge in [0.05, 0.1) is 12.6 Å². The molecular weight excluding hydrogens is 379 g/mol. The number of hydrogen-bond donors (Lipinski definition) is 2. The van der Waals surface area contributed by atoms with Crippen LogP contribution in [0.5, 0.6) is 0 Å². The molecule has 126 valence electrons. The van der Waals surface area contributed by atoms with Crippen LogP contribution in [0.3, 0.4) is 0 Å². The SMILES string of the molecule is CCNC(=NCC1CCCO1)NCCN(CC)C(C)C.I. The molecule has 5 nitrogen and oxygen atoms in total. The zero-order chi connectivity index (χ0) is 14.8. The maximum Gasteiger partial charge on any atom is 0.191 e. The summed E-state index contributed by atoms with van der Waals surface area (Å²) in [7, 11) is 0. The van der Waals surface area contributed by atoms with Gasteiger partial charge in [-0.2, -0.15) is 0 Å². The Balaban J connectivity index is 0.00000400. The second-order valence-electron chi connectivity index (χ2n) is 5.50. The fraction of sp³-hybridized carbons (Fsp3) is 0.933. The highest BCUT2D eigenvalue weighted by molar-refractivity contribution is 14.0. The fourth-order valence-electron chi connectivity index (χ4n) is 2.42. The van der Waals surface area contributed by atoms with Crippen LogP contribution in [0, 0.1) is 0 Å². The minimum Gasteiger partial charge on any atom is -0.376 e. The number of aliphatic imine (C=N–C) groups is 1. The van der Waals surface area contributed by atoms with Gasteiger partial charge in [-0.25, -0.2) is 0 Å². The molecule has 1 fully saturated rings. The standard InChI is InChI=1S/C15H32N4O.HI/c1-5-16-15(18-12-14-8-7-11-20-14)17-9-10-19(6-2)13(3)4;/h13-14H,5-12H2,1-4H3,(H2,16,17,18);1H. The Bertz CT molecular complexity index is 281. The van der Waals surface area contributed by atoms with Crippen molar-refractivity contribution in [2.24, 2.45) is 4.99 Å². The largest absolute Gasteiger partial charge is 0.376 e. The van der Waals surface area contributed by atoms with Gasteiger partial charge in [0.2, 0.25) is 0 Å². The van der Waals surface area contributed by atoms with E-state index in [2.05, 4.69) is 48.2 Å². The summed E-state index contributed by atoms with van der Waals surface area (Å²) in [4.78, 5) is 7.06. The molecule has 1 aliphatic heterocycles. The van der Waals surface area contributed by atoms with Crippen LogP contribution in [0.4, 0.5) is 0 Å². The predicted molar refractivity (Wildman–Crippen MR) is 101 cm³/mol. The van der Waals surface area contributed by atoms with Crippen LogP contribution in [0.2, 0.25) is 0 Å². The van der Waals surface area contributed by atoms with E-state index in [0.29, 0.717) is 12.1 Å². The molecule has 0 spiro atoms. The summed E-state index contributed by atoms with van der Waals surface area (Å²) in [5, 5.41) is 6.70. The van der Waals surface area contributed by atoms with Crippen LogP contribution in [-0.2, 0) is 4.74 Å². The second kappa shape index (κ2) is 12.5. The molecule has 0 aromatic carbocycles. The topological polar surface area (TPSA) is 48.9 Å². The molecule has 1 atom stereocenters. The van der Waals surface area contributed by atoms with Crippen molar-refractivity contribution < 1.29 is 4.74 Å². The van der Waals surface area contributed by atoms with Gasteiger partial charge in [-0.05, 0) is 40.2 Å². The Labute approximate surface area is 147 Å². The van der Waals surface area contributed by atoms with Gasteiger partial charge in [0, 0.05) is 32.3 Å². The number of guanidine groups is 1. The van der Waals surface area contributed by atoms with Crippen molar-refractivity contribution in [1.82, 2.24) is 15.5 Å². The predicted octanol–water partition coefficient (Wildman–Crippen LogP) is 2.07. The molecule has 1 heterocycles. The maximum atomic E-state index is 5.60. The molecular formula is C15H33IN4O. The van der Waals surface area contributed by atoms with Gasteiger partial charge in [0.25, 0.3) is 0 Å². The Hall–Kier alpha value is -0.0800. The van der Waals surface area contributed by atoms with E-state index in [0.717, 1.165) is 51.7 Å². The van der Waals surface area contributed by atoms with Crippen molar-refractivity contribution >= 4 is 29.9 Å². The van der Waals surface area contributed by atoms with Gasteiger partial charge >= 0.3 is 0 Å². The zero-order valence-corrected chi connectivity index (χ0v) is 16.4. The molecule has 1 unspecified atom stereocenters. The van der Waals surface area contributed by atoms with Crippen molar-refractivity contribution in [2.75, 3.05) is 39.3 Å². The number of nitrogens with zero attached hydrogens (tertiary/aromatic N) is 2. The summed E-state index contributed by atoms with van der Waals surface area (Å²) in [6.07, 6.45) is 2.62.